The number of rotatable bonds is 5. The van der Waals surface area contributed by atoms with Gasteiger partial charge >= 0.3 is 0 Å². The van der Waals surface area contributed by atoms with Crippen LogP contribution >= 0.6 is 11.3 Å². The van der Waals surface area contributed by atoms with Crippen LogP contribution in [0.5, 0.6) is 17.2 Å². The molecule has 0 amide bonds. The summed E-state index contributed by atoms with van der Waals surface area (Å²) >= 11 is 1.35. The second kappa shape index (κ2) is 5.75. The number of thiophene rings is 1. The smallest absolute Gasteiger partial charge is 0.203 e. The van der Waals surface area contributed by atoms with Crippen molar-refractivity contribution in [3.63, 3.8) is 0 Å². The Morgan fingerprint density at radius 3 is 1.95 bits per heavy atom. The Balaban J connectivity index is 2.37. The monoisotopic (exact) mass is 278 g/mol. The van der Waals surface area contributed by atoms with E-state index < -0.39 is 0 Å². The quantitative estimate of drug-likeness (QED) is 0.789. The van der Waals surface area contributed by atoms with Gasteiger partial charge in [-0.2, -0.15) is 0 Å². The number of ketones is 1. The Hall–Kier alpha value is -2.01. The van der Waals surface area contributed by atoms with Crippen LogP contribution in [-0.2, 0) is 0 Å². The third-order valence-electron chi connectivity index (χ3n) is 2.65. The van der Waals surface area contributed by atoms with Gasteiger partial charge in [0.05, 0.1) is 26.2 Å². The topological polar surface area (TPSA) is 44.8 Å². The Labute approximate surface area is 115 Å². The van der Waals surface area contributed by atoms with Crippen LogP contribution in [0.2, 0.25) is 0 Å². The number of hydrogen-bond acceptors (Lipinski definition) is 5. The maximum Gasteiger partial charge on any atom is 0.203 e. The van der Waals surface area contributed by atoms with Crippen LogP contribution in [-0.4, -0.2) is 27.1 Å². The van der Waals surface area contributed by atoms with Gasteiger partial charge in [0.1, 0.15) is 17.2 Å². The lowest BCUT2D eigenvalue weighted by molar-refractivity contribution is 0.104. The third-order valence-corrected chi connectivity index (χ3v) is 3.56. The molecule has 0 N–H and O–H groups in total. The van der Waals surface area contributed by atoms with Crippen LogP contribution in [0.1, 0.15) is 15.2 Å². The van der Waals surface area contributed by atoms with E-state index in [2.05, 4.69) is 0 Å². The summed E-state index contributed by atoms with van der Waals surface area (Å²) in [6.07, 6.45) is 0. The highest BCUT2D eigenvalue weighted by molar-refractivity contribution is 7.12. The highest BCUT2D eigenvalue weighted by atomic mass is 32.1. The lowest BCUT2D eigenvalue weighted by atomic mass is 10.1. The van der Waals surface area contributed by atoms with Crippen molar-refractivity contribution < 1.29 is 19.0 Å². The molecule has 0 saturated heterocycles. The van der Waals surface area contributed by atoms with E-state index >= 15 is 0 Å². The van der Waals surface area contributed by atoms with Crippen molar-refractivity contribution in [3.8, 4) is 17.2 Å². The summed E-state index contributed by atoms with van der Waals surface area (Å²) in [6.45, 7) is 0. The molecule has 0 spiro atoms. The Bertz CT molecular complexity index is 567. The molecule has 19 heavy (non-hydrogen) atoms. The molecule has 0 bridgehead atoms. The van der Waals surface area contributed by atoms with Gasteiger partial charge in [-0.1, -0.05) is 0 Å². The normalized spacial score (nSPS) is 10.1. The van der Waals surface area contributed by atoms with Gasteiger partial charge in [-0.3, -0.25) is 4.79 Å². The molecule has 2 rings (SSSR count). The van der Waals surface area contributed by atoms with Crippen molar-refractivity contribution in [1.29, 1.82) is 0 Å². The van der Waals surface area contributed by atoms with E-state index in [0.29, 0.717) is 27.7 Å². The average Bonchev–Trinajstić information content (AvgIpc) is 2.94. The minimum Gasteiger partial charge on any atom is -0.497 e. The van der Waals surface area contributed by atoms with E-state index in [1.165, 1.54) is 11.3 Å². The fourth-order valence-corrected chi connectivity index (χ4v) is 2.44. The predicted octanol–water partition coefficient (Wildman–Crippen LogP) is 3.00. The second-order valence-corrected chi connectivity index (χ2v) is 4.69. The number of carbonyl (C=O) groups is 1. The highest BCUT2D eigenvalue weighted by Crippen LogP contribution is 2.28. The van der Waals surface area contributed by atoms with E-state index in [1.807, 2.05) is 0 Å². The molecule has 2 aromatic rings. The number of methoxy groups -OCH3 is 3. The largest absolute Gasteiger partial charge is 0.497 e. The summed E-state index contributed by atoms with van der Waals surface area (Å²) in [5.74, 6) is 1.78. The first-order valence-corrected chi connectivity index (χ1v) is 6.46. The molecule has 0 radical (unpaired) electrons. The van der Waals surface area contributed by atoms with E-state index in [0.717, 1.165) is 0 Å². The molecule has 1 aromatic heterocycles. The summed E-state index contributed by atoms with van der Waals surface area (Å²) in [5, 5.41) is 1.80. The fourth-order valence-electron chi connectivity index (χ4n) is 1.63. The minimum absolute atomic E-state index is 0.0782. The standard InChI is InChI=1S/C14H14O4S/c1-16-10-4-9(5-11(6-10)17-2)14(15)13-7-12(18-3)8-19-13/h4-8H,1-3H3. The molecular formula is C14H14O4S. The van der Waals surface area contributed by atoms with Gasteiger partial charge in [0.25, 0.3) is 0 Å². The van der Waals surface area contributed by atoms with E-state index in [9.17, 15) is 4.79 Å². The van der Waals surface area contributed by atoms with Gasteiger partial charge in [-0.25, -0.2) is 0 Å². The third kappa shape index (κ3) is 2.88. The minimum atomic E-state index is -0.0782. The fraction of sp³-hybridized carbons (Fsp3) is 0.214. The van der Waals surface area contributed by atoms with Crippen molar-refractivity contribution in [2.45, 2.75) is 0 Å². The van der Waals surface area contributed by atoms with Gasteiger partial charge in [-0.05, 0) is 12.1 Å². The first-order chi connectivity index (χ1) is 9.17. The van der Waals surface area contributed by atoms with Crippen molar-refractivity contribution in [1.82, 2.24) is 0 Å². The van der Waals surface area contributed by atoms with Gasteiger partial charge in [0.15, 0.2) is 0 Å². The lowest BCUT2D eigenvalue weighted by Gasteiger charge is -2.07. The summed E-state index contributed by atoms with van der Waals surface area (Å²) in [4.78, 5) is 13.0. The van der Waals surface area contributed by atoms with Crippen LogP contribution in [0.4, 0.5) is 0 Å². The number of hydrogen-bond donors (Lipinski definition) is 0. The van der Waals surface area contributed by atoms with Crippen molar-refractivity contribution in [3.05, 3.63) is 40.1 Å². The van der Waals surface area contributed by atoms with Crippen LogP contribution in [0, 0.1) is 0 Å². The van der Waals surface area contributed by atoms with Gasteiger partial charge in [-0.15, -0.1) is 11.3 Å². The summed E-state index contributed by atoms with van der Waals surface area (Å²) in [7, 11) is 4.68. The molecule has 0 aliphatic carbocycles. The molecule has 0 unspecified atom stereocenters. The van der Waals surface area contributed by atoms with Gasteiger partial charge in [0, 0.05) is 23.1 Å². The molecule has 0 saturated carbocycles. The van der Waals surface area contributed by atoms with Crippen LogP contribution < -0.4 is 14.2 Å². The van der Waals surface area contributed by atoms with Gasteiger partial charge < -0.3 is 14.2 Å². The molecule has 0 fully saturated rings. The molecule has 5 heteroatoms. The van der Waals surface area contributed by atoms with Crippen molar-refractivity contribution >= 4 is 17.1 Å². The highest BCUT2D eigenvalue weighted by Gasteiger charge is 2.14. The van der Waals surface area contributed by atoms with Crippen molar-refractivity contribution in [2.24, 2.45) is 0 Å². The zero-order chi connectivity index (χ0) is 13.8. The molecular weight excluding hydrogens is 264 g/mol. The van der Waals surface area contributed by atoms with Crippen LogP contribution in [0.15, 0.2) is 29.6 Å². The zero-order valence-corrected chi connectivity index (χ0v) is 11.7. The molecule has 0 aliphatic rings. The molecule has 100 valence electrons. The van der Waals surface area contributed by atoms with E-state index in [1.54, 1.807) is 51.0 Å². The maximum absolute atomic E-state index is 12.4. The summed E-state index contributed by atoms with van der Waals surface area (Å²) in [6, 6.07) is 6.83. The Morgan fingerprint density at radius 1 is 0.895 bits per heavy atom. The Kier molecular flexibility index (Phi) is 4.06. The lowest BCUT2D eigenvalue weighted by Crippen LogP contribution is -2.00. The molecule has 0 atom stereocenters. The van der Waals surface area contributed by atoms with E-state index in [-0.39, 0.29) is 5.78 Å². The Morgan fingerprint density at radius 2 is 1.47 bits per heavy atom. The van der Waals surface area contributed by atoms with E-state index in [4.69, 9.17) is 14.2 Å². The number of ether oxygens (including phenoxy) is 3. The summed E-state index contributed by atoms with van der Waals surface area (Å²) in [5.41, 5.74) is 0.528. The average molecular weight is 278 g/mol. The summed E-state index contributed by atoms with van der Waals surface area (Å²) < 4.78 is 15.4. The molecule has 1 aromatic carbocycles. The second-order valence-electron chi connectivity index (χ2n) is 3.78. The molecule has 4 nitrogen and oxygen atoms in total. The SMILES string of the molecule is COc1cc(OC)cc(C(=O)c2cc(OC)cs2)c1. The van der Waals surface area contributed by atoms with Crippen LogP contribution in [0.25, 0.3) is 0 Å². The number of carbonyl (C=O) groups excluding carboxylic acids is 1. The van der Waals surface area contributed by atoms with Gasteiger partial charge in [0.2, 0.25) is 5.78 Å². The van der Waals surface area contributed by atoms with Crippen LogP contribution in [0.3, 0.4) is 0 Å². The first-order valence-electron chi connectivity index (χ1n) is 5.58. The molecule has 1 heterocycles. The predicted molar refractivity (Wildman–Crippen MR) is 73.8 cm³/mol. The zero-order valence-electron chi connectivity index (χ0n) is 10.9. The van der Waals surface area contributed by atoms with Crippen molar-refractivity contribution in [2.75, 3.05) is 21.3 Å². The first kappa shape index (κ1) is 13.4. The number of benzene rings is 1. The maximum atomic E-state index is 12.4. The molecule has 0 aliphatic heterocycles.